The maximum atomic E-state index is 11.0. The summed E-state index contributed by atoms with van der Waals surface area (Å²) < 4.78 is 0. The first-order valence-electron chi connectivity index (χ1n) is 3.78. The first-order chi connectivity index (χ1) is 6.20. The number of H-pyrrole nitrogens is 1. The first kappa shape index (κ1) is 7.72. The number of nitrogens with two attached hydrogens (primary N) is 1. The van der Waals surface area contributed by atoms with Gasteiger partial charge in [0.05, 0.1) is 17.3 Å². The highest BCUT2D eigenvalue weighted by Crippen LogP contribution is 2.17. The molecule has 0 aliphatic heterocycles. The number of nitrogens with zero attached hydrogens (tertiary/aromatic N) is 2. The number of rotatable bonds is 1. The largest absolute Gasteiger partial charge is 0.365 e. The van der Waals surface area contributed by atoms with E-state index in [-0.39, 0.29) is 0 Å². The van der Waals surface area contributed by atoms with Crippen molar-refractivity contribution in [3.63, 3.8) is 0 Å². The summed E-state index contributed by atoms with van der Waals surface area (Å²) in [7, 11) is 0. The van der Waals surface area contributed by atoms with Crippen LogP contribution in [0.15, 0.2) is 12.5 Å². The molecule has 2 aromatic heterocycles. The number of amides is 1. The molecule has 0 aliphatic rings. The molecule has 0 aromatic carbocycles. The number of carbonyl (C=O) groups is 1. The van der Waals surface area contributed by atoms with Crippen LogP contribution in [0, 0.1) is 6.92 Å². The van der Waals surface area contributed by atoms with Crippen molar-refractivity contribution in [1.29, 1.82) is 0 Å². The second-order valence-electron chi connectivity index (χ2n) is 2.77. The van der Waals surface area contributed by atoms with Gasteiger partial charge in [0.1, 0.15) is 11.8 Å². The molecule has 0 atom stereocenters. The van der Waals surface area contributed by atoms with Gasteiger partial charge in [-0.2, -0.15) is 0 Å². The van der Waals surface area contributed by atoms with Crippen LogP contribution in [0.5, 0.6) is 0 Å². The predicted molar refractivity (Wildman–Crippen MR) is 47.1 cm³/mol. The molecule has 0 radical (unpaired) electrons. The van der Waals surface area contributed by atoms with Crippen molar-refractivity contribution >= 4 is 16.9 Å². The number of primary amides is 1. The normalized spacial score (nSPS) is 10.5. The van der Waals surface area contributed by atoms with E-state index in [1.54, 1.807) is 13.1 Å². The number of fused-ring (bicyclic) bond motifs is 1. The molecule has 5 nitrogen and oxygen atoms in total. The molecule has 1 amide bonds. The van der Waals surface area contributed by atoms with Crippen LogP contribution in [-0.4, -0.2) is 20.9 Å². The molecule has 0 fully saturated rings. The summed E-state index contributed by atoms with van der Waals surface area (Å²) in [4.78, 5) is 21.8. The average Bonchev–Trinajstić information content (AvgIpc) is 2.39. The average molecular weight is 176 g/mol. The Morgan fingerprint density at radius 3 is 3.08 bits per heavy atom. The zero-order valence-corrected chi connectivity index (χ0v) is 7.03. The van der Waals surface area contributed by atoms with E-state index in [4.69, 9.17) is 5.73 Å². The van der Waals surface area contributed by atoms with Crippen LogP contribution >= 0.6 is 0 Å². The van der Waals surface area contributed by atoms with Gasteiger partial charge < -0.3 is 10.7 Å². The number of aromatic nitrogens is 3. The Bertz CT molecular complexity index is 474. The van der Waals surface area contributed by atoms with E-state index < -0.39 is 5.91 Å². The lowest BCUT2D eigenvalue weighted by atomic mass is 10.2. The van der Waals surface area contributed by atoms with Crippen molar-refractivity contribution in [2.24, 2.45) is 5.73 Å². The Kier molecular flexibility index (Phi) is 1.51. The van der Waals surface area contributed by atoms with Crippen molar-refractivity contribution < 1.29 is 4.79 Å². The minimum Gasteiger partial charge on any atom is -0.365 e. The molecule has 2 rings (SSSR count). The third-order valence-electron chi connectivity index (χ3n) is 1.89. The highest BCUT2D eigenvalue weighted by molar-refractivity contribution is 6.05. The smallest absolute Gasteiger partial charge is 0.252 e. The van der Waals surface area contributed by atoms with Crippen LogP contribution < -0.4 is 5.73 Å². The molecular weight excluding hydrogens is 168 g/mol. The lowest BCUT2D eigenvalue weighted by Gasteiger charge is -1.91. The summed E-state index contributed by atoms with van der Waals surface area (Å²) in [6.45, 7) is 1.78. The maximum absolute atomic E-state index is 11.0. The number of aromatic amines is 1. The van der Waals surface area contributed by atoms with Gasteiger partial charge in [0.25, 0.3) is 5.91 Å². The quantitative estimate of drug-likeness (QED) is 0.658. The van der Waals surface area contributed by atoms with Gasteiger partial charge >= 0.3 is 0 Å². The SMILES string of the molecule is Cc1[nH]c2cncnc2c1C(N)=O. The van der Waals surface area contributed by atoms with Gasteiger partial charge in [-0.1, -0.05) is 0 Å². The fourth-order valence-corrected chi connectivity index (χ4v) is 1.36. The monoisotopic (exact) mass is 176 g/mol. The molecular formula is C8H8N4O. The van der Waals surface area contributed by atoms with E-state index in [0.29, 0.717) is 11.1 Å². The van der Waals surface area contributed by atoms with Crippen LogP contribution in [0.1, 0.15) is 16.1 Å². The van der Waals surface area contributed by atoms with Crippen molar-refractivity contribution in [3.05, 3.63) is 23.8 Å². The predicted octanol–water partition coefficient (Wildman–Crippen LogP) is 0.365. The third-order valence-corrected chi connectivity index (χ3v) is 1.89. The molecule has 0 saturated heterocycles. The van der Waals surface area contributed by atoms with Gasteiger partial charge in [-0.3, -0.25) is 4.79 Å². The first-order valence-corrected chi connectivity index (χ1v) is 3.78. The van der Waals surface area contributed by atoms with Crippen LogP contribution in [0.2, 0.25) is 0 Å². The van der Waals surface area contributed by atoms with Crippen LogP contribution in [0.25, 0.3) is 11.0 Å². The lowest BCUT2D eigenvalue weighted by Crippen LogP contribution is -2.12. The van der Waals surface area contributed by atoms with Crippen molar-refractivity contribution in [2.75, 3.05) is 0 Å². The number of nitrogens with one attached hydrogen (secondary N) is 1. The molecule has 5 heteroatoms. The highest BCUT2D eigenvalue weighted by Gasteiger charge is 2.13. The molecule has 13 heavy (non-hydrogen) atoms. The van der Waals surface area contributed by atoms with Gasteiger partial charge in [0, 0.05) is 5.69 Å². The van der Waals surface area contributed by atoms with Gasteiger partial charge in [0.2, 0.25) is 0 Å². The van der Waals surface area contributed by atoms with Crippen molar-refractivity contribution in [3.8, 4) is 0 Å². The Morgan fingerprint density at radius 1 is 1.62 bits per heavy atom. The van der Waals surface area contributed by atoms with E-state index in [2.05, 4.69) is 15.0 Å². The Morgan fingerprint density at radius 2 is 2.38 bits per heavy atom. The molecule has 0 bridgehead atoms. The molecule has 3 N–H and O–H groups in total. The topological polar surface area (TPSA) is 84.7 Å². The van der Waals surface area contributed by atoms with Crippen molar-refractivity contribution in [2.45, 2.75) is 6.92 Å². The van der Waals surface area contributed by atoms with Crippen LogP contribution in [-0.2, 0) is 0 Å². The fourth-order valence-electron chi connectivity index (χ4n) is 1.36. The van der Waals surface area contributed by atoms with E-state index in [0.717, 1.165) is 11.2 Å². The van der Waals surface area contributed by atoms with Crippen LogP contribution in [0.4, 0.5) is 0 Å². The summed E-state index contributed by atoms with van der Waals surface area (Å²) in [5.74, 6) is -0.470. The summed E-state index contributed by atoms with van der Waals surface area (Å²) in [5, 5.41) is 0. The molecule has 0 aliphatic carbocycles. The van der Waals surface area contributed by atoms with E-state index >= 15 is 0 Å². The summed E-state index contributed by atoms with van der Waals surface area (Å²) >= 11 is 0. The molecule has 0 unspecified atom stereocenters. The molecule has 2 aromatic rings. The Hall–Kier alpha value is -1.91. The Balaban J connectivity index is 2.86. The number of carbonyl (C=O) groups excluding carboxylic acids is 1. The van der Waals surface area contributed by atoms with Gasteiger partial charge in [-0.25, -0.2) is 9.97 Å². The molecule has 0 saturated carbocycles. The standard InChI is InChI=1S/C8H8N4O/c1-4-6(8(9)13)7-5(12-4)2-10-3-11-7/h2-3,12H,1H3,(H2,9,13). The minimum atomic E-state index is -0.470. The van der Waals surface area contributed by atoms with Crippen LogP contribution in [0.3, 0.4) is 0 Å². The second kappa shape index (κ2) is 2.55. The molecule has 0 spiro atoms. The highest BCUT2D eigenvalue weighted by atomic mass is 16.1. The molecule has 2 heterocycles. The molecule has 66 valence electrons. The van der Waals surface area contributed by atoms with E-state index in [1.165, 1.54) is 6.33 Å². The van der Waals surface area contributed by atoms with Gasteiger partial charge in [-0.05, 0) is 6.92 Å². The third kappa shape index (κ3) is 1.05. The fraction of sp³-hybridized carbons (Fsp3) is 0.125. The van der Waals surface area contributed by atoms with E-state index in [1.807, 2.05) is 0 Å². The lowest BCUT2D eigenvalue weighted by molar-refractivity contribution is 0.100. The summed E-state index contributed by atoms with van der Waals surface area (Å²) in [5.41, 5.74) is 7.69. The van der Waals surface area contributed by atoms with Gasteiger partial charge in [-0.15, -0.1) is 0 Å². The second-order valence-corrected chi connectivity index (χ2v) is 2.77. The number of hydrogen-bond donors (Lipinski definition) is 2. The minimum absolute atomic E-state index is 0.442. The maximum Gasteiger partial charge on any atom is 0.252 e. The Labute approximate surface area is 74.0 Å². The number of aryl methyl sites for hydroxylation is 1. The zero-order chi connectivity index (χ0) is 9.42. The van der Waals surface area contributed by atoms with E-state index in [9.17, 15) is 4.79 Å². The summed E-state index contributed by atoms with van der Waals surface area (Å²) in [6.07, 6.45) is 3.00. The number of hydrogen-bond acceptors (Lipinski definition) is 3. The zero-order valence-electron chi connectivity index (χ0n) is 7.03. The summed E-state index contributed by atoms with van der Waals surface area (Å²) in [6, 6.07) is 0. The van der Waals surface area contributed by atoms with Crippen molar-refractivity contribution in [1.82, 2.24) is 15.0 Å². The van der Waals surface area contributed by atoms with Gasteiger partial charge in [0.15, 0.2) is 0 Å².